The average Bonchev–Trinajstić information content (AvgIpc) is 1.27. The van der Waals surface area contributed by atoms with Crippen LogP contribution in [0.1, 0.15) is 0 Å². The largest absolute Gasteiger partial charge is 0.199 e. The molecule has 0 atom stereocenters. The highest BCUT2D eigenvalue weighted by Gasteiger charge is 1.89. The quantitative estimate of drug-likeness (QED) is 0.383. The molecule has 0 fully saturated rings. The van der Waals surface area contributed by atoms with Crippen LogP contribution < -0.4 is 0 Å². The van der Waals surface area contributed by atoms with Crippen LogP contribution in [0.25, 0.3) is 0 Å². The SMILES string of the molecule is CN(C)ON(C)I. The lowest BCUT2D eigenvalue weighted by Crippen LogP contribution is -2.19. The van der Waals surface area contributed by atoms with Gasteiger partial charge in [-0.2, -0.15) is 10.0 Å². The Morgan fingerprint density at radius 3 is 1.71 bits per heavy atom. The van der Waals surface area contributed by atoms with E-state index in [2.05, 4.69) is 0 Å². The summed E-state index contributed by atoms with van der Waals surface area (Å²) in [6.45, 7) is 0. The Morgan fingerprint density at radius 1 is 1.29 bits per heavy atom. The minimum absolute atomic E-state index is 1.60. The van der Waals surface area contributed by atoms with Gasteiger partial charge in [0.1, 0.15) is 0 Å². The summed E-state index contributed by atoms with van der Waals surface area (Å²) in [5.41, 5.74) is 0. The van der Waals surface area contributed by atoms with E-state index in [9.17, 15) is 0 Å². The first-order valence-corrected chi connectivity index (χ1v) is 2.84. The zero-order valence-electron chi connectivity index (χ0n) is 4.68. The Labute approximate surface area is 57.6 Å². The fourth-order valence-corrected chi connectivity index (χ4v) is 0.577. The zero-order valence-corrected chi connectivity index (χ0v) is 6.84. The van der Waals surface area contributed by atoms with Crippen molar-refractivity contribution >= 4 is 22.9 Å². The fourth-order valence-electron chi connectivity index (χ4n) is 0.225. The Bertz CT molecular complexity index is 42.2. The zero-order chi connectivity index (χ0) is 5.86. The predicted molar refractivity (Wildman–Crippen MR) is 36.6 cm³/mol. The second-order valence-corrected chi connectivity index (χ2v) is 2.67. The van der Waals surface area contributed by atoms with E-state index in [4.69, 9.17) is 4.94 Å². The van der Waals surface area contributed by atoms with E-state index >= 15 is 0 Å². The molecule has 0 saturated carbocycles. The highest BCUT2D eigenvalue weighted by Crippen LogP contribution is 1.93. The molecule has 0 aromatic rings. The van der Waals surface area contributed by atoms with Gasteiger partial charge in [-0.15, -0.1) is 3.28 Å². The third-order valence-corrected chi connectivity index (χ3v) is 0.452. The summed E-state index contributed by atoms with van der Waals surface area (Å²) < 4.78 is 1.60. The van der Waals surface area contributed by atoms with Gasteiger partial charge in [-0.25, -0.2) is 0 Å². The van der Waals surface area contributed by atoms with E-state index < -0.39 is 0 Å². The molecule has 0 aliphatic rings. The first-order valence-electron chi connectivity index (χ1n) is 1.88. The third-order valence-electron chi connectivity index (χ3n) is 0.276. The maximum absolute atomic E-state index is 4.90. The van der Waals surface area contributed by atoms with Crippen molar-refractivity contribution < 1.29 is 4.94 Å². The Morgan fingerprint density at radius 2 is 1.71 bits per heavy atom. The molecule has 0 aromatic heterocycles. The second kappa shape index (κ2) is 3.59. The van der Waals surface area contributed by atoms with Crippen LogP contribution in [0.4, 0.5) is 0 Å². The normalized spacial score (nSPS) is 11.1. The number of hydroxylamine groups is 3. The summed E-state index contributed by atoms with van der Waals surface area (Å²) in [5.74, 6) is 0. The first-order chi connectivity index (χ1) is 3.13. The number of nitrogens with zero attached hydrogens (tertiary/aromatic N) is 2. The number of hydrogen-bond donors (Lipinski definition) is 0. The topological polar surface area (TPSA) is 15.7 Å². The van der Waals surface area contributed by atoms with E-state index in [-0.39, 0.29) is 0 Å². The standard InChI is InChI=1S/C3H9IN2O/c1-5(2)7-6(3)4/h1-3H3. The minimum Gasteiger partial charge on any atom is -0.199 e. The highest BCUT2D eigenvalue weighted by molar-refractivity contribution is 14.1. The summed E-state index contributed by atoms with van der Waals surface area (Å²) in [6, 6.07) is 0. The fraction of sp³-hybridized carbons (Fsp3) is 1.00. The van der Waals surface area contributed by atoms with Crippen LogP contribution in [0.3, 0.4) is 0 Å². The molecule has 0 spiro atoms. The van der Waals surface area contributed by atoms with E-state index in [1.165, 1.54) is 0 Å². The lowest BCUT2D eigenvalue weighted by Gasteiger charge is -2.12. The van der Waals surface area contributed by atoms with Crippen molar-refractivity contribution in [2.24, 2.45) is 0 Å². The monoisotopic (exact) mass is 216 g/mol. The maximum atomic E-state index is 4.90. The molecular weight excluding hydrogens is 207 g/mol. The molecule has 44 valence electrons. The molecule has 0 aromatic carbocycles. The molecule has 0 rings (SSSR count). The minimum atomic E-state index is 1.60. The first kappa shape index (κ1) is 7.61. The smallest absolute Gasteiger partial charge is 0.0512 e. The number of rotatable bonds is 2. The van der Waals surface area contributed by atoms with Gasteiger partial charge in [0.05, 0.1) is 22.9 Å². The van der Waals surface area contributed by atoms with Gasteiger partial charge in [0.25, 0.3) is 0 Å². The summed E-state index contributed by atoms with van der Waals surface area (Å²) in [6.07, 6.45) is 0. The Hall–Kier alpha value is 0.610. The molecule has 0 unspecified atom stereocenters. The van der Waals surface area contributed by atoms with Crippen molar-refractivity contribution in [1.29, 1.82) is 0 Å². The van der Waals surface area contributed by atoms with Gasteiger partial charge in [-0.3, -0.25) is 0 Å². The molecule has 0 N–H and O–H groups in total. The van der Waals surface area contributed by atoms with Crippen molar-refractivity contribution in [2.45, 2.75) is 0 Å². The summed E-state index contributed by atoms with van der Waals surface area (Å²) >= 11 is 2.03. The molecule has 0 aliphatic heterocycles. The van der Waals surface area contributed by atoms with Crippen LogP contribution in [0.2, 0.25) is 0 Å². The second-order valence-electron chi connectivity index (χ2n) is 1.31. The van der Waals surface area contributed by atoms with Crippen molar-refractivity contribution in [3.63, 3.8) is 0 Å². The van der Waals surface area contributed by atoms with E-state index in [1.807, 2.05) is 44.0 Å². The molecule has 7 heavy (non-hydrogen) atoms. The van der Waals surface area contributed by atoms with Crippen molar-refractivity contribution in [3.05, 3.63) is 0 Å². The summed E-state index contributed by atoms with van der Waals surface area (Å²) in [4.78, 5) is 4.90. The molecule has 0 saturated heterocycles. The van der Waals surface area contributed by atoms with Crippen LogP contribution >= 0.6 is 22.9 Å². The van der Waals surface area contributed by atoms with Gasteiger partial charge < -0.3 is 0 Å². The highest BCUT2D eigenvalue weighted by atomic mass is 127. The van der Waals surface area contributed by atoms with Gasteiger partial charge in [-0.05, 0) is 0 Å². The van der Waals surface area contributed by atoms with Gasteiger partial charge >= 0.3 is 0 Å². The van der Waals surface area contributed by atoms with Gasteiger partial charge in [0.2, 0.25) is 0 Å². The molecule has 0 aliphatic carbocycles. The molecule has 4 heteroatoms. The van der Waals surface area contributed by atoms with Gasteiger partial charge in [0, 0.05) is 21.1 Å². The van der Waals surface area contributed by atoms with Crippen LogP contribution in [-0.4, -0.2) is 29.5 Å². The van der Waals surface area contributed by atoms with E-state index in [0.29, 0.717) is 0 Å². The summed E-state index contributed by atoms with van der Waals surface area (Å²) in [7, 11) is 5.48. The van der Waals surface area contributed by atoms with Gasteiger partial charge in [0.15, 0.2) is 0 Å². The molecule has 0 heterocycles. The van der Waals surface area contributed by atoms with E-state index in [1.54, 1.807) is 8.34 Å². The number of halogens is 1. The lowest BCUT2D eigenvalue weighted by molar-refractivity contribution is -0.230. The average molecular weight is 216 g/mol. The molecular formula is C3H9IN2O. The van der Waals surface area contributed by atoms with Crippen molar-refractivity contribution in [3.8, 4) is 0 Å². The van der Waals surface area contributed by atoms with Gasteiger partial charge in [-0.1, -0.05) is 0 Å². The Balaban J connectivity index is 2.95. The lowest BCUT2D eigenvalue weighted by atomic mass is 11.2. The molecule has 0 amide bonds. The molecule has 0 radical (unpaired) electrons. The van der Waals surface area contributed by atoms with Crippen molar-refractivity contribution in [2.75, 3.05) is 21.1 Å². The molecule has 0 bridgehead atoms. The van der Waals surface area contributed by atoms with Crippen LogP contribution in [0.15, 0.2) is 0 Å². The Kier molecular flexibility index (Phi) is 3.91. The van der Waals surface area contributed by atoms with Crippen LogP contribution in [0, 0.1) is 0 Å². The van der Waals surface area contributed by atoms with Crippen molar-refractivity contribution in [1.82, 2.24) is 8.34 Å². The van der Waals surface area contributed by atoms with Crippen LogP contribution in [-0.2, 0) is 4.94 Å². The van der Waals surface area contributed by atoms with E-state index in [0.717, 1.165) is 0 Å². The maximum Gasteiger partial charge on any atom is 0.0512 e. The summed E-state index contributed by atoms with van der Waals surface area (Å²) in [5, 5.41) is 1.62. The number of hydrogen-bond acceptors (Lipinski definition) is 3. The third kappa shape index (κ3) is 6.61. The predicted octanol–water partition coefficient (Wildman–Crippen LogP) is 0.676. The molecule has 3 nitrogen and oxygen atoms in total. The van der Waals surface area contributed by atoms with Crippen LogP contribution in [0.5, 0.6) is 0 Å².